The van der Waals surface area contributed by atoms with Crippen LogP contribution < -0.4 is 9.47 Å². The summed E-state index contributed by atoms with van der Waals surface area (Å²) in [4.78, 5) is 17.2. The van der Waals surface area contributed by atoms with Crippen LogP contribution in [-0.2, 0) is 9.53 Å². The molecule has 0 bridgehead atoms. The maximum absolute atomic E-state index is 13.2. The third-order valence-corrected chi connectivity index (χ3v) is 5.93. The van der Waals surface area contributed by atoms with E-state index in [1.54, 1.807) is 14.2 Å². The highest BCUT2D eigenvalue weighted by atomic mass is 16.5. The monoisotopic (exact) mass is 392 g/mol. The summed E-state index contributed by atoms with van der Waals surface area (Å²) in [6.07, 6.45) is 4.33. The summed E-state index contributed by atoms with van der Waals surface area (Å²) in [5.41, 5.74) is 0.869. The maximum atomic E-state index is 13.2. The normalized spacial score (nSPS) is 23.2. The molecular formula is C21H32N2O5. The molecule has 7 nitrogen and oxygen atoms in total. The largest absolute Gasteiger partial charge is 0.493 e. The zero-order chi connectivity index (χ0) is 20.1. The minimum absolute atomic E-state index is 0.0657. The second-order valence-electron chi connectivity index (χ2n) is 7.59. The first-order valence-electron chi connectivity index (χ1n) is 10.0. The number of morpholine rings is 1. The van der Waals surface area contributed by atoms with Gasteiger partial charge in [-0.3, -0.25) is 9.69 Å². The Labute approximate surface area is 167 Å². The standard InChI is InChI=1S/C21H32N2O5/c1-22(16-6-4-5-7-16)13-20(25)23-10-11-28-19(14-24)21(23)15-8-9-17(26-2)18(12-15)27-3/h8-9,12,16,19,21,24H,4-7,10-11,13-14H2,1-3H3/t19-,21-/m1/s1. The lowest BCUT2D eigenvalue weighted by Gasteiger charge is -2.42. The van der Waals surface area contributed by atoms with E-state index in [2.05, 4.69) is 4.90 Å². The summed E-state index contributed by atoms with van der Waals surface area (Å²) in [6.45, 7) is 1.16. The van der Waals surface area contributed by atoms with Crippen molar-refractivity contribution in [3.63, 3.8) is 0 Å². The second kappa shape index (κ2) is 9.58. The Morgan fingerprint density at radius 2 is 1.96 bits per heavy atom. The van der Waals surface area contributed by atoms with E-state index in [0.29, 0.717) is 37.2 Å². The quantitative estimate of drug-likeness (QED) is 0.764. The molecule has 1 amide bonds. The Morgan fingerprint density at radius 1 is 1.25 bits per heavy atom. The highest BCUT2D eigenvalue weighted by Gasteiger charge is 2.37. The van der Waals surface area contributed by atoms with Gasteiger partial charge in [0.05, 0.1) is 40.0 Å². The summed E-state index contributed by atoms with van der Waals surface area (Å²) in [6, 6.07) is 5.72. The Bertz CT molecular complexity index is 662. The molecule has 2 aliphatic rings. The molecule has 3 rings (SSSR count). The lowest BCUT2D eigenvalue weighted by Crippen LogP contribution is -2.52. The van der Waals surface area contributed by atoms with E-state index in [1.807, 2.05) is 30.1 Å². The fraction of sp³-hybridized carbons (Fsp3) is 0.667. The van der Waals surface area contributed by atoms with Crippen molar-refractivity contribution >= 4 is 5.91 Å². The van der Waals surface area contributed by atoms with Gasteiger partial charge in [0.15, 0.2) is 11.5 Å². The predicted octanol–water partition coefficient (Wildman–Crippen LogP) is 1.84. The van der Waals surface area contributed by atoms with E-state index in [4.69, 9.17) is 14.2 Å². The van der Waals surface area contributed by atoms with Crippen LogP contribution in [0.1, 0.15) is 37.3 Å². The molecule has 1 heterocycles. The molecule has 28 heavy (non-hydrogen) atoms. The fourth-order valence-corrected chi connectivity index (χ4v) is 4.38. The number of benzene rings is 1. The van der Waals surface area contributed by atoms with Gasteiger partial charge >= 0.3 is 0 Å². The number of amides is 1. The van der Waals surface area contributed by atoms with Crippen LogP contribution in [0, 0.1) is 0 Å². The van der Waals surface area contributed by atoms with E-state index in [9.17, 15) is 9.90 Å². The average molecular weight is 392 g/mol. The topological polar surface area (TPSA) is 71.5 Å². The maximum Gasteiger partial charge on any atom is 0.237 e. The van der Waals surface area contributed by atoms with E-state index in [0.717, 1.165) is 18.4 Å². The number of rotatable bonds is 7. The first-order valence-corrected chi connectivity index (χ1v) is 10.0. The smallest absolute Gasteiger partial charge is 0.237 e. The molecule has 0 unspecified atom stereocenters. The van der Waals surface area contributed by atoms with Gasteiger partial charge in [-0.1, -0.05) is 18.9 Å². The average Bonchev–Trinajstić information content (AvgIpc) is 3.27. The zero-order valence-corrected chi connectivity index (χ0v) is 17.1. The van der Waals surface area contributed by atoms with Crippen molar-refractivity contribution in [2.75, 3.05) is 47.6 Å². The van der Waals surface area contributed by atoms with Gasteiger partial charge in [-0.25, -0.2) is 0 Å². The van der Waals surface area contributed by atoms with Gasteiger partial charge in [-0.2, -0.15) is 0 Å². The molecule has 1 saturated carbocycles. The van der Waals surface area contributed by atoms with Gasteiger partial charge in [0.25, 0.3) is 0 Å². The van der Waals surface area contributed by atoms with Gasteiger partial charge in [-0.05, 0) is 37.6 Å². The summed E-state index contributed by atoms with van der Waals surface area (Å²) in [7, 11) is 5.21. The molecule has 1 aromatic carbocycles. The molecule has 1 aromatic rings. The number of hydrogen-bond donors (Lipinski definition) is 1. The number of likely N-dealkylation sites (N-methyl/N-ethyl adjacent to an activating group) is 1. The minimum atomic E-state index is -0.465. The van der Waals surface area contributed by atoms with Crippen LogP contribution in [0.5, 0.6) is 11.5 Å². The van der Waals surface area contributed by atoms with E-state index in [-0.39, 0.29) is 18.6 Å². The van der Waals surface area contributed by atoms with E-state index in [1.165, 1.54) is 12.8 Å². The highest BCUT2D eigenvalue weighted by molar-refractivity contribution is 5.79. The van der Waals surface area contributed by atoms with Crippen LogP contribution in [0.2, 0.25) is 0 Å². The van der Waals surface area contributed by atoms with Crippen LogP contribution in [0.4, 0.5) is 0 Å². The number of carbonyl (C=O) groups is 1. The number of ether oxygens (including phenoxy) is 3. The highest BCUT2D eigenvalue weighted by Crippen LogP contribution is 2.36. The fourth-order valence-electron chi connectivity index (χ4n) is 4.38. The van der Waals surface area contributed by atoms with Crippen molar-refractivity contribution in [2.45, 2.75) is 43.9 Å². The number of aliphatic hydroxyl groups excluding tert-OH is 1. The number of aliphatic hydroxyl groups is 1. The van der Waals surface area contributed by atoms with Crippen molar-refractivity contribution < 1.29 is 24.1 Å². The number of hydrogen-bond acceptors (Lipinski definition) is 6. The van der Waals surface area contributed by atoms with Crippen molar-refractivity contribution in [3.8, 4) is 11.5 Å². The molecule has 1 aliphatic carbocycles. The van der Waals surface area contributed by atoms with E-state index >= 15 is 0 Å². The third-order valence-electron chi connectivity index (χ3n) is 5.93. The van der Waals surface area contributed by atoms with Crippen LogP contribution in [0.3, 0.4) is 0 Å². The number of carbonyl (C=O) groups excluding carboxylic acids is 1. The van der Waals surface area contributed by atoms with Gasteiger partial charge in [0.2, 0.25) is 5.91 Å². The minimum Gasteiger partial charge on any atom is -0.493 e. The predicted molar refractivity (Wildman–Crippen MR) is 106 cm³/mol. The van der Waals surface area contributed by atoms with Gasteiger partial charge in [0.1, 0.15) is 6.10 Å². The van der Waals surface area contributed by atoms with Gasteiger partial charge < -0.3 is 24.2 Å². The van der Waals surface area contributed by atoms with Crippen LogP contribution >= 0.6 is 0 Å². The Kier molecular flexibility index (Phi) is 7.15. The molecule has 0 spiro atoms. The number of methoxy groups -OCH3 is 2. The third kappa shape index (κ3) is 4.42. The summed E-state index contributed by atoms with van der Waals surface area (Å²) in [5, 5.41) is 9.87. The number of nitrogens with zero attached hydrogens (tertiary/aromatic N) is 2. The summed E-state index contributed by atoms with van der Waals surface area (Å²) in [5.74, 6) is 1.29. The molecule has 1 N–H and O–H groups in total. The molecule has 2 fully saturated rings. The lowest BCUT2D eigenvalue weighted by molar-refractivity contribution is -0.151. The van der Waals surface area contributed by atoms with Crippen molar-refractivity contribution in [2.24, 2.45) is 0 Å². The lowest BCUT2D eigenvalue weighted by atomic mass is 9.97. The molecule has 7 heteroatoms. The second-order valence-corrected chi connectivity index (χ2v) is 7.59. The molecule has 2 atom stereocenters. The van der Waals surface area contributed by atoms with Gasteiger partial charge in [-0.15, -0.1) is 0 Å². The summed E-state index contributed by atoms with van der Waals surface area (Å²) < 4.78 is 16.5. The summed E-state index contributed by atoms with van der Waals surface area (Å²) >= 11 is 0. The van der Waals surface area contributed by atoms with Crippen molar-refractivity contribution in [3.05, 3.63) is 23.8 Å². The zero-order valence-electron chi connectivity index (χ0n) is 17.1. The SMILES string of the molecule is COc1ccc([C@@H]2[C@@H](CO)OCCN2C(=O)CN(C)C2CCCC2)cc1OC. The molecule has 1 saturated heterocycles. The van der Waals surface area contributed by atoms with Crippen LogP contribution in [0.25, 0.3) is 0 Å². The molecular weight excluding hydrogens is 360 g/mol. The Morgan fingerprint density at radius 3 is 2.61 bits per heavy atom. The molecule has 0 aromatic heterocycles. The first-order chi connectivity index (χ1) is 13.6. The van der Waals surface area contributed by atoms with Crippen molar-refractivity contribution in [1.82, 2.24) is 9.80 Å². The van der Waals surface area contributed by atoms with Gasteiger partial charge in [0, 0.05) is 12.6 Å². The molecule has 0 radical (unpaired) electrons. The Balaban J connectivity index is 1.82. The van der Waals surface area contributed by atoms with Crippen LogP contribution in [0.15, 0.2) is 18.2 Å². The first kappa shape index (κ1) is 20.9. The Hall–Kier alpha value is -1.83. The molecule has 1 aliphatic heterocycles. The van der Waals surface area contributed by atoms with Crippen molar-refractivity contribution in [1.29, 1.82) is 0 Å². The van der Waals surface area contributed by atoms with E-state index < -0.39 is 6.10 Å². The van der Waals surface area contributed by atoms with Crippen LogP contribution in [-0.4, -0.2) is 80.5 Å². The molecule has 156 valence electrons.